The first-order valence-corrected chi connectivity index (χ1v) is 7.15. The number of carbonyl (C=O) groups excluding carboxylic acids is 1. The molecule has 0 aromatic heterocycles. The Morgan fingerprint density at radius 2 is 1.95 bits per heavy atom. The lowest BCUT2D eigenvalue weighted by Gasteiger charge is -2.63. The average Bonchev–Trinajstić information content (AvgIpc) is 2.34. The van der Waals surface area contributed by atoms with Crippen LogP contribution in [0.1, 0.15) is 45.0 Å². The first-order valence-electron chi connectivity index (χ1n) is 6.77. The van der Waals surface area contributed by atoms with Crippen LogP contribution < -0.4 is 0 Å². The summed E-state index contributed by atoms with van der Waals surface area (Å²) in [4.78, 5) is 15.2. The van der Waals surface area contributed by atoms with Crippen molar-refractivity contribution in [2.75, 3.05) is 6.54 Å². The normalized spacial score (nSPS) is 26.3. The fourth-order valence-corrected chi connectivity index (χ4v) is 3.27. The van der Waals surface area contributed by atoms with Gasteiger partial charge in [0.15, 0.2) is 5.78 Å². The zero-order chi connectivity index (χ0) is 14.4. The van der Waals surface area contributed by atoms with E-state index < -0.39 is 0 Å². The maximum absolute atomic E-state index is 12.8. The molecular formula is C16H22ClNO. The van der Waals surface area contributed by atoms with Gasteiger partial charge >= 0.3 is 0 Å². The van der Waals surface area contributed by atoms with Gasteiger partial charge in [-0.05, 0) is 46.8 Å². The van der Waals surface area contributed by atoms with E-state index in [1.807, 2.05) is 12.1 Å². The van der Waals surface area contributed by atoms with Gasteiger partial charge in [-0.1, -0.05) is 23.7 Å². The smallest absolute Gasteiger partial charge is 0.171 e. The molecule has 0 aliphatic carbocycles. The Bertz CT molecular complexity index is 509. The highest BCUT2D eigenvalue weighted by Gasteiger charge is 2.60. The summed E-state index contributed by atoms with van der Waals surface area (Å²) in [7, 11) is 0. The molecule has 1 aromatic rings. The van der Waals surface area contributed by atoms with Crippen LogP contribution in [0, 0.1) is 5.41 Å². The molecule has 1 unspecified atom stereocenters. The molecule has 0 N–H and O–H groups in total. The van der Waals surface area contributed by atoms with E-state index in [1.165, 1.54) is 0 Å². The summed E-state index contributed by atoms with van der Waals surface area (Å²) in [6, 6.07) is 7.71. The number of nitrogens with zero attached hydrogens (tertiary/aromatic N) is 1. The molecule has 19 heavy (non-hydrogen) atoms. The molecule has 2 nitrogen and oxygen atoms in total. The highest BCUT2D eigenvalue weighted by atomic mass is 35.5. The molecule has 0 spiro atoms. The third kappa shape index (κ3) is 2.11. The quantitative estimate of drug-likeness (QED) is 0.779. The molecule has 2 rings (SSSR count). The summed E-state index contributed by atoms with van der Waals surface area (Å²) in [6.45, 7) is 11.5. The highest BCUT2D eigenvalue weighted by Crippen LogP contribution is 2.49. The Morgan fingerprint density at radius 1 is 1.32 bits per heavy atom. The largest absolute Gasteiger partial charge is 0.294 e. The van der Waals surface area contributed by atoms with Crippen LogP contribution >= 0.6 is 11.6 Å². The summed E-state index contributed by atoms with van der Waals surface area (Å²) in [5.74, 6) is 0.192. The number of hydrogen-bond donors (Lipinski definition) is 0. The van der Waals surface area contributed by atoms with Gasteiger partial charge in [0.1, 0.15) is 0 Å². The van der Waals surface area contributed by atoms with Gasteiger partial charge in [-0.15, -0.1) is 0 Å². The van der Waals surface area contributed by atoms with Gasteiger partial charge < -0.3 is 0 Å². The van der Waals surface area contributed by atoms with Gasteiger partial charge in [-0.25, -0.2) is 0 Å². The lowest BCUT2D eigenvalue weighted by molar-refractivity contribution is -0.118. The molecule has 1 aliphatic heterocycles. The molecular weight excluding hydrogens is 258 g/mol. The van der Waals surface area contributed by atoms with Gasteiger partial charge in [0.25, 0.3) is 0 Å². The second-order valence-corrected chi connectivity index (χ2v) is 6.89. The van der Waals surface area contributed by atoms with Gasteiger partial charge in [0, 0.05) is 28.7 Å². The van der Waals surface area contributed by atoms with Crippen LogP contribution in [0.15, 0.2) is 24.3 Å². The first-order chi connectivity index (χ1) is 8.70. The van der Waals surface area contributed by atoms with Gasteiger partial charge in [0.05, 0.1) is 5.41 Å². The minimum atomic E-state index is -0.345. The number of likely N-dealkylation sites (tertiary alicyclic amines) is 1. The SMILES string of the molecule is CC(C)N1CC(C)(C(=O)c2cccc(Cl)c2)C1(C)C. The van der Waals surface area contributed by atoms with E-state index in [-0.39, 0.29) is 16.7 Å². The van der Waals surface area contributed by atoms with Crippen LogP contribution in [0.3, 0.4) is 0 Å². The summed E-state index contributed by atoms with van der Waals surface area (Å²) in [6.07, 6.45) is 0. The summed E-state index contributed by atoms with van der Waals surface area (Å²) in [5.41, 5.74) is 0.245. The topological polar surface area (TPSA) is 20.3 Å². The number of halogens is 1. The fraction of sp³-hybridized carbons (Fsp3) is 0.562. The Balaban J connectivity index is 2.30. The molecule has 1 fully saturated rings. The number of Topliss-reactive ketones (excluding diaryl/α,β-unsaturated/α-hetero) is 1. The number of carbonyl (C=O) groups is 1. The van der Waals surface area contributed by atoms with Crippen LogP contribution in [0.4, 0.5) is 0 Å². The number of benzene rings is 1. The minimum Gasteiger partial charge on any atom is -0.294 e. The molecule has 1 saturated heterocycles. The molecule has 104 valence electrons. The van der Waals surface area contributed by atoms with E-state index in [0.717, 1.165) is 6.54 Å². The molecule has 0 radical (unpaired) electrons. The molecule has 1 aromatic carbocycles. The van der Waals surface area contributed by atoms with Crippen LogP contribution in [-0.2, 0) is 0 Å². The molecule has 0 amide bonds. The van der Waals surface area contributed by atoms with E-state index >= 15 is 0 Å². The molecule has 0 saturated carbocycles. The van der Waals surface area contributed by atoms with Crippen LogP contribution in [0.25, 0.3) is 0 Å². The zero-order valence-electron chi connectivity index (χ0n) is 12.3. The fourth-order valence-electron chi connectivity index (χ4n) is 3.08. The van der Waals surface area contributed by atoms with Crippen LogP contribution in [0.5, 0.6) is 0 Å². The summed E-state index contributed by atoms with van der Waals surface area (Å²) in [5, 5.41) is 0.618. The molecule has 1 heterocycles. The van der Waals surface area contributed by atoms with Crippen molar-refractivity contribution < 1.29 is 4.79 Å². The summed E-state index contributed by atoms with van der Waals surface area (Å²) < 4.78 is 0. The van der Waals surface area contributed by atoms with Crippen molar-refractivity contribution in [1.29, 1.82) is 0 Å². The standard InChI is InChI=1S/C16H22ClNO/c1-11(2)18-10-16(5,15(18,3)4)14(19)12-7-6-8-13(17)9-12/h6-9,11H,10H2,1-5H3. The maximum atomic E-state index is 12.8. The lowest BCUT2D eigenvalue weighted by atomic mass is 9.60. The van der Waals surface area contributed by atoms with E-state index in [1.54, 1.807) is 12.1 Å². The van der Waals surface area contributed by atoms with E-state index in [9.17, 15) is 4.79 Å². The first kappa shape index (κ1) is 14.5. The van der Waals surface area contributed by atoms with Gasteiger partial charge in [-0.3, -0.25) is 9.69 Å². The van der Waals surface area contributed by atoms with Crippen molar-refractivity contribution in [2.24, 2.45) is 5.41 Å². The van der Waals surface area contributed by atoms with Crippen molar-refractivity contribution in [3.8, 4) is 0 Å². The second kappa shape index (κ2) is 4.60. The molecule has 1 atom stereocenters. The van der Waals surface area contributed by atoms with Crippen LogP contribution in [0.2, 0.25) is 5.02 Å². The van der Waals surface area contributed by atoms with Crippen LogP contribution in [-0.4, -0.2) is 28.8 Å². The Hall–Kier alpha value is -0.860. The van der Waals surface area contributed by atoms with Gasteiger partial charge in [-0.2, -0.15) is 0 Å². The Morgan fingerprint density at radius 3 is 2.42 bits per heavy atom. The second-order valence-electron chi connectivity index (χ2n) is 6.45. The van der Waals surface area contributed by atoms with Crippen molar-refractivity contribution in [3.63, 3.8) is 0 Å². The lowest BCUT2D eigenvalue weighted by Crippen LogP contribution is -2.74. The molecule has 0 bridgehead atoms. The minimum absolute atomic E-state index is 0.124. The Labute approximate surface area is 120 Å². The van der Waals surface area contributed by atoms with E-state index in [4.69, 9.17) is 11.6 Å². The van der Waals surface area contributed by atoms with E-state index in [0.29, 0.717) is 16.6 Å². The van der Waals surface area contributed by atoms with Crippen molar-refractivity contribution in [3.05, 3.63) is 34.9 Å². The van der Waals surface area contributed by atoms with E-state index in [2.05, 4.69) is 39.5 Å². The Kier molecular flexibility index (Phi) is 3.53. The zero-order valence-corrected chi connectivity index (χ0v) is 13.1. The maximum Gasteiger partial charge on any atom is 0.171 e. The molecule has 1 aliphatic rings. The number of hydrogen-bond acceptors (Lipinski definition) is 2. The highest BCUT2D eigenvalue weighted by molar-refractivity contribution is 6.31. The predicted molar refractivity (Wildman–Crippen MR) is 79.8 cm³/mol. The summed E-state index contributed by atoms with van der Waals surface area (Å²) >= 11 is 5.99. The third-order valence-electron chi connectivity index (χ3n) is 4.77. The van der Waals surface area contributed by atoms with Crippen molar-refractivity contribution in [1.82, 2.24) is 4.90 Å². The van der Waals surface area contributed by atoms with Gasteiger partial charge in [0.2, 0.25) is 0 Å². The van der Waals surface area contributed by atoms with Crippen molar-refractivity contribution in [2.45, 2.75) is 46.2 Å². The average molecular weight is 280 g/mol. The monoisotopic (exact) mass is 279 g/mol. The number of ketones is 1. The van der Waals surface area contributed by atoms with Crippen molar-refractivity contribution >= 4 is 17.4 Å². The third-order valence-corrected chi connectivity index (χ3v) is 5.00. The molecule has 3 heteroatoms. The number of rotatable bonds is 3. The predicted octanol–water partition coefficient (Wildman–Crippen LogP) is 4.03.